The lowest BCUT2D eigenvalue weighted by Gasteiger charge is -2.19. The number of carbonyl (C=O) groups excluding carboxylic acids is 1. The average molecular weight is 248 g/mol. The van der Waals surface area contributed by atoms with Crippen LogP contribution >= 0.6 is 0 Å². The van der Waals surface area contributed by atoms with E-state index in [0.717, 1.165) is 39.0 Å². The van der Waals surface area contributed by atoms with Gasteiger partial charge in [0.05, 0.1) is 5.56 Å². The van der Waals surface area contributed by atoms with E-state index >= 15 is 0 Å². The topological polar surface area (TPSA) is 49.3 Å². The van der Waals surface area contributed by atoms with Gasteiger partial charge in [-0.05, 0) is 26.7 Å². The first-order valence-corrected chi connectivity index (χ1v) is 6.62. The Balaban J connectivity index is 2.09. The minimum absolute atomic E-state index is 0.0543. The highest BCUT2D eigenvalue weighted by molar-refractivity contribution is 5.93. The van der Waals surface area contributed by atoms with Crippen LogP contribution in [0.15, 0.2) is 12.4 Å². The number of hydrogen-bond acceptors (Lipinski definition) is 4. The monoisotopic (exact) mass is 248 g/mol. The van der Waals surface area contributed by atoms with Crippen molar-refractivity contribution in [3.63, 3.8) is 0 Å². The van der Waals surface area contributed by atoms with Crippen molar-refractivity contribution in [3.8, 4) is 0 Å². The van der Waals surface area contributed by atoms with E-state index in [0.29, 0.717) is 11.5 Å². The molecule has 1 aliphatic rings. The lowest BCUT2D eigenvalue weighted by molar-refractivity contribution is 0.0792. The Morgan fingerprint density at radius 3 is 2.28 bits per heavy atom. The molecule has 5 nitrogen and oxygen atoms in total. The summed E-state index contributed by atoms with van der Waals surface area (Å²) in [5, 5.41) is 0. The SMILES string of the molecule is CCN(CC)c1ncc(C(=O)N2CCCC2)cn1. The Hall–Kier alpha value is -1.65. The minimum atomic E-state index is 0.0543. The van der Waals surface area contributed by atoms with Crippen LogP contribution in [0.25, 0.3) is 0 Å². The van der Waals surface area contributed by atoms with Crippen molar-refractivity contribution in [1.82, 2.24) is 14.9 Å². The molecule has 0 aromatic carbocycles. The van der Waals surface area contributed by atoms with E-state index in [9.17, 15) is 4.79 Å². The summed E-state index contributed by atoms with van der Waals surface area (Å²) in [5.74, 6) is 0.747. The van der Waals surface area contributed by atoms with Gasteiger partial charge in [-0.3, -0.25) is 4.79 Å². The van der Waals surface area contributed by atoms with Gasteiger partial charge in [0.15, 0.2) is 0 Å². The second kappa shape index (κ2) is 5.80. The largest absolute Gasteiger partial charge is 0.341 e. The van der Waals surface area contributed by atoms with Crippen LogP contribution < -0.4 is 4.90 Å². The van der Waals surface area contributed by atoms with Gasteiger partial charge in [-0.2, -0.15) is 0 Å². The molecule has 0 radical (unpaired) electrons. The van der Waals surface area contributed by atoms with E-state index < -0.39 is 0 Å². The average Bonchev–Trinajstić information content (AvgIpc) is 2.94. The molecule has 1 aliphatic heterocycles. The fourth-order valence-electron chi connectivity index (χ4n) is 2.20. The highest BCUT2D eigenvalue weighted by Crippen LogP contribution is 2.13. The molecule has 1 amide bonds. The summed E-state index contributed by atoms with van der Waals surface area (Å²) in [7, 11) is 0. The highest BCUT2D eigenvalue weighted by atomic mass is 16.2. The zero-order valence-electron chi connectivity index (χ0n) is 11.1. The number of rotatable bonds is 4. The maximum atomic E-state index is 12.1. The number of carbonyl (C=O) groups is 1. The van der Waals surface area contributed by atoms with Crippen molar-refractivity contribution >= 4 is 11.9 Å². The van der Waals surface area contributed by atoms with Crippen molar-refractivity contribution in [2.75, 3.05) is 31.1 Å². The predicted octanol–water partition coefficient (Wildman–Crippen LogP) is 1.56. The molecule has 1 aromatic heterocycles. The first kappa shape index (κ1) is 12.8. The van der Waals surface area contributed by atoms with Crippen molar-refractivity contribution in [3.05, 3.63) is 18.0 Å². The molecular formula is C13H20N4O. The maximum Gasteiger partial charge on any atom is 0.256 e. The number of amides is 1. The Morgan fingerprint density at radius 1 is 1.22 bits per heavy atom. The smallest absolute Gasteiger partial charge is 0.256 e. The van der Waals surface area contributed by atoms with E-state index in [1.165, 1.54) is 0 Å². The standard InChI is InChI=1S/C13H20N4O/c1-3-16(4-2)13-14-9-11(10-15-13)12(18)17-7-5-6-8-17/h9-10H,3-8H2,1-2H3. The van der Waals surface area contributed by atoms with E-state index in [4.69, 9.17) is 0 Å². The summed E-state index contributed by atoms with van der Waals surface area (Å²) in [4.78, 5) is 24.6. The lowest BCUT2D eigenvalue weighted by atomic mass is 10.3. The summed E-state index contributed by atoms with van der Waals surface area (Å²) in [5.41, 5.74) is 0.591. The first-order chi connectivity index (χ1) is 8.76. The molecule has 0 atom stereocenters. The quantitative estimate of drug-likeness (QED) is 0.811. The fourth-order valence-corrected chi connectivity index (χ4v) is 2.20. The molecule has 1 fully saturated rings. The molecule has 1 saturated heterocycles. The van der Waals surface area contributed by atoms with Gasteiger partial charge in [-0.25, -0.2) is 9.97 Å². The highest BCUT2D eigenvalue weighted by Gasteiger charge is 2.20. The molecule has 0 saturated carbocycles. The van der Waals surface area contributed by atoms with Crippen molar-refractivity contribution in [2.45, 2.75) is 26.7 Å². The van der Waals surface area contributed by atoms with Crippen molar-refractivity contribution < 1.29 is 4.79 Å². The Bertz CT molecular complexity index is 394. The third-order valence-corrected chi connectivity index (χ3v) is 3.32. The zero-order valence-corrected chi connectivity index (χ0v) is 11.1. The maximum absolute atomic E-state index is 12.1. The Labute approximate surface area is 108 Å². The molecule has 0 aliphatic carbocycles. The Kier molecular flexibility index (Phi) is 4.12. The number of nitrogens with zero attached hydrogens (tertiary/aromatic N) is 4. The van der Waals surface area contributed by atoms with Gasteiger partial charge in [0, 0.05) is 38.6 Å². The van der Waals surface area contributed by atoms with Gasteiger partial charge in [0.25, 0.3) is 5.91 Å². The molecule has 0 unspecified atom stereocenters. The molecule has 1 aromatic rings. The van der Waals surface area contributed by atoms with Gasteiger partial charge in [-0.15, -0.1) is 0 Å². The number of hydrogen-bond donors (Lipinski definition) is 0. The van der Waals surface area contributed by atoms with E-state index in [-0.39, 0.29) is 5.91 Å². The zero-order chi connectivity index (χ0) is 13.0. The van der Waals surface area contributed by atoms with Crippen molar-refractivity contribution in [2.24, 2.45) is 0 Å². The van der Waals surface area contributed by atoms with Gasteiger partial charge < -0.3 is 9.80 Å². The Morgan fingerprint density at radius 2 is 1.78 bits per heavy atom. The number of aromatic nitrogens is 2. The van der Waals surface area contributed by atoms with Crippen LogP contribution in [0.1, 0.15) is 37.0 Å². The second-order valence-electron chi connectivity index (χ2n) is 4.44. The van der Waals surface area contributed by atoms with Crippen LogP contribution in [0.5, 0.6) is 0 Å². The first-order valence-electron chi connectivity index (χ1n) is 6.62. The van der Waals surface area contributed by atoms with Crippen LogP contribution in [0.2, 0.25) is 0 Å². The van der Waals surface area contributed by atoms with E-state index in [1.807, 2.05) is 4.90 Å². The van der Waals surface area contributed by atoms with Gasteiger partial charge in [-0.1, -0.05) is 0 Å². The third-order valence-electron chi connectivity index (χ3n) is 3.32. The number of anilines is 1. The minimum Gasteiger partial charge on any atom is -0.341 e. The summed E-state index contributed by atoms with van der Waals surface area (Å²) in [6, 6.07) is 0. The van der Waals surface area contributed by atoms with E-state index in [1.54, 1.807) is 12.4 Å². The van der Waals surface area contributed by atoms with Crippen LogP contribution in [-0.2, 0) is 0 Å². The van der Waals surface area contributed by atoms with Crippen LogP contribution in [0.3, 0.4) is 0 Å². The molecule has 2 heterocycles. The van der Waals surface area contributed by atoms with E-state index in [2.05, 4.69) is 28.7 Å². The summed E-state index contributed by atoms with van der Waals surface area (Å²) in [6.45, 7) is 7.59. The summed E-state index contributed by atoms with van der Waals surface area (Å²) < 4.78 is 0. The third kappa shape index (κ3) is 2.60. The fraction of sp³-hybridized carbons (Fsp3) is 0.615. The predicted molar refractivity (Wildman–Crippen MR) is 70.7 cm³/mol. The van der Waals surface area contributed by atoms with Crippen LogP contribution in [0, 0.1) is 0 Å². The molecule has 18 heavy (non-hydrogen) atoms. The van der Waals surface area contributed by atoms with Crippen molar-refractivity contribution in [1.29, 1.82) is 0 Å². The number of likely N-dealkylation sites (tertiary alicyclic amines) is 1. The summed E-state index contributed by atoms with van der Waals surface area (Å²) >= 11 is 0. The van der Waals surface area contributed by atoms with Crippen LogP contribution in [0.4, 0.5) is 5.95 Å². The molecule has 0 N–H and O–H groups in total. The molecule has 0 bridgehead atoms. The molecule has 0 spiro atoms. The van der Waals surface area contributed by atoms with Gasteiger partial charge >= 0.3 is 0 Å². The van der Waals surface area contributed by atoms with Crippen LogP contribution in [-0.4, -0.2) is 47.0 Å². The second-order valence-corrected chi connectivity index (χ2v) is 4.44. The molecule has 2 rings (SSSR count). The molecule has 98 valence electrons. The lowest BCUT2D eigenvalue weighted by Crippen LogP contribution is -2.28. The molecular weight excluding hydrogens is 228 g/mol. The van der Waals surface area contributed by atoms with Gasteiger partial charge in [0.1, 0.15) is 0 Å². The normalized spacial score (nSPS) is 14.9. The van der Waals surface area contributed by atoms with Gasteiger partial charge in [0.2, 0.25) is 5.95 Å². The molecule has 5 heteroatoms. The summed E-state index contributed by atoms with van der Waals surface area (Å²) in [6.07, 6.45) is 5.48.